The van der Waals surface area contributed by atoms with E-state index >= 15 is 0 Å². The number of carboxylic acid groups (broad SMARTS) is 1. The Morgan fingerprint density at radius 3 is 2.95 bits per heavy atom. The second-order valence-corrected chi connectivity index (χ2v) is 6.43. The molecule has 2 rings (SSSR count). The van der Waals surface area contributed by atoms with Crippen LogP contribution in [0.1, 0.15) is 38.1 Å². The van der Waals surface area contributed by atoms with Gasteiger partial charge in [0.1, 0.15) is 0 Å². The first-order valence-corrected chi connectivity index (χ1v) is 7.98. The first-order chi connectivity index (χ1) is 10.4. The van der Waals surface area contributed by atoms with E-state index in [0.717, 1.165) is 43.3 Å². The van der Waals surface area contributed by atoms with Gasteiger partial charge in [-0.2, -0.15) is 0 Å². The number of nitrogens with one attached hydrogen (secondary N) is 1. The zero-order chi connectivity index (χ0) is 16.1. The van der Waals surface area contributed by atoms with Gasteiger partial charge in [0, 0.05) is 37.1 Å². The van der Waals surface area contributed by atoms with Crippen LogP contribution in [-0.2, 0) is 11.2 Å². The number of carbonyl (C=O) groups is 1. The van der Waals surface area contributed by atoms with Gasteiger partial charge in [0.25, 0.3) is 0 Å². The molecule has 1 saturated heterocycles. The van der Waals surface area contributed by atoms with Gasteiger partial charge in [0.15, 0.2) is 0 Å². The fourth-order valence-corrected chi connectivity index (χ4v) is 2.77. The predicted molar refractivity (Wildman–Crippen MR) is 86.2 cm³/mol. The Balaban J connectivity index is 1.95. The van der Waals surface area contributed by atoms with Gasteiger partial charge in [-0.15, -0.1) is 0 Å². The van der Waals surface area contributed by atoms with Crippen LogP contribution in [0.3, 0.4) is 0 Å². The van der Waals surface area contributed by atoms with Crippen molar-refractivity contribution in [2.24, 2.45) is 5.92 Å². The normalized spacial score (nSPS) is 18.2. The van der Waals surface area contributed by atoms with Crippen LogP contribution in [0.4, 0.5) is 5.95 Å². The first-order valence-electron chi connectivity index (χ1n) is 7.98. The maximum absolute atomic E-state index is 10.6. The summed E-state index contributed by atoms with van der Waals surface area (Å²) in [4.78, 5) is 22.0. The van der Waals surface area contributed by atoms with Crippen LogP contribution in [0.25, 0.3) is 0 Å². The van der Waals surface area contributed by atoms with Crippen molar-refractivity contribution in [3.05, 3.63) is 17.5 Å². The molecule has 1 atom stereocenters. The lowest BCUT2D eigenvalue weighted by Crippen LogP contribution is -2.34. The Kier molecular flexibility index (Phi) is 5.71. The largest absolute Gasteiger partial charge is 0.481 e. The molecule has 0 spiro atoms. The second kappa shape index (κ2) is 7.54. The molecule has 0 saturated carbocycles. The summed E-state index contributed by atoms with van der Waals surface area (Å²) in [7, 11) is 0. The Morgan fingerprint density at radius 2 is 2.27 bits per heavy atom. The van der Waals surface area contributed by atoms with Crippen molar-refractivity contribution in [2.45, 2.75) is 46.1 Å². The van der Waals surface area contributed by atoms with Crippen LogP contribution in [0, 0.1) is 12.8 Å². The van der Waals surface area contributed by atoms with Crippen LogP contribution in [0.2, 0.25) is 0 Å². The molecule has 6 heteroatoms. The van der Waals surface area contributed by atoms with E-state index in [2.05, 4.69) is 35.1 Å². The summed E-state index contributed by atoms with van der Waals surface area (Å²) < 4.78 is 0. The number of aromatic nitrogens is 2. The quantitative estimate of drug-likeness (QED) is 0.797. The van der Waals surface area contributed by atoms with Crippen molar-refractivity contribution < 1.29 is 9.90 Å². The number of hydrogen-bond donors (Lipinski definition) is 2. The average molecular weight is 306 g/mol. The highest BCUT2D eigenvalue weighted by Gasteiger charge is 2.24. The fourth-order valence-electron chi connectivity index (χ4n) is 2.77. The molecule has 0 radical (unpaired) electrons. The van der Waals surface area contributed by atoms with Crippen molar-refractivity contribution in [1.29, 1.82) is 0 Å². The van der Waals surface area contributed by atoms with Gasteiger partial charge in [0.2, 0.25) is 5.95 Å². The Bertz CT molecular complexity index is 519. The summed E-state index contributed by atoms with van der Waals surface area (Å²) in [5.41, 5.74) is 2.10. The molecule has 0 aliphatic carbocycles. The minimum atomic E-state index is -0.761. The highest BCUT2D eigenvalue weighted by Crippen LogP contribution is 2.18. The molecule has 6 nitrogen and oxygen atoms in total. The number of hydrogen-bond acceptors (Lipinski definition) is 5. The van der Waals surface area contributed by atoms with E-state index < -0.39 is 5.97 Å². The molecule has 1 aromatic rings. The predicted octanol–water partition coefficient (Wildman–Crippen LogP) is 1.63. The number of rotatable bonds is 7. The molecule has 0 aromatic carbocycles. The zero-order valence-corrected chi connectivity index (χ0v) is 13.7. The molecular formula is C16H26N4O2. The third kappa shape index (κ3) is 4.94. The van der Waals surface area contributed by atoms with E-state index in [1.54, 1.807) is 0 Å². The van der Waals surface area contributed by atoms with Gasteiger partial charge in [-0.3, -0.25) is 4.79 Å². The van der Waals surface area contributed by atoms with Crippen LogP contribution in [0.15, 0.2) is 6.07 Å². The molecule has 1 fully saturated rings. The van der Waals surface area contributed by atoms with Crippen molar-refractivity contribution >= 4 is 11.9 Å². The second-order valence-electron chi connectivity index (χ2n) is 6.43. The van der Waals surface area contributed by atoms with Crippen molar-refractivity contribution in [2.75, 3.05) is 24.5 Å². The smallest absolute Gasteiger partial charge is 0.304 e. The lowest BCUT2D eigenvalue weighted by molar-refractivity contribution is -0.136. The van der Waals surface area contributed by atoms with Crippen LogP contribution in [0.5, 0.6) is 0 Å². The minimum absolute atomic E-state index is 0.163. The van der Waals surface area contributed by atoms with Gasteiger partial charge in [-0.05, 0) is 31.7 Å². The van der Waals surface area contributed by atoms with Gasteiger partial charge >= 0.3 is 5.97 Å². The summed E-state index contributed by atoms with van der Waals surface area (Å²) in [5, 5.41) is 12.0. The monoisotopic (exact) mass is 306 g/mol. The average Bonchev–Trinajstić information content (AvgIpc) is 2.85. The number of anilines is 1. The molecular weight excluding hydrogens is 280 g/mol. The molecule has 0 bridgehead atoms. The number of aliphatic carboxylic acids is 1. The topological polar surface area (TPSA) is 78.4 Å². The Labute approximate surface area is 132 Å². The SMILES string of the molecule is Cc1cc(CC(C)C)nc(N2CCC(NCCC(=O)O)C2)n1. The van der Waals surface area contributed by atoms with Gasteiger partial charge < -0.3 is 15.3 Å². The number of nitrogens with zero attached hydrogens (tertiary/aromatic N) is 3. The number of carboxylic acids is 1. The summed E-state index contributed by atoms with van der Waals surface area (Å²) in [6.07, 6.45) is 2.12. The lowest BCUT2D eigenvalue weighted by atomic mass is 10.1. The van der Waals surface area contributed by atoms with E-state index in [1.165, 1.54) is 0 Å². The molecule has 2 heterocycles. The fraction of sp³-hybridized carbons (Fsp3) is 0.688. The lowest BCUT2D eigenvalue weighted by Gasteiger charge is -2.18. The highest BCUT2D eigenvalue weighted by atomic mass is 16.4. The molecule has 22 heavy (non-hydrogen) atoms. The number of aryl methyl sites for hydroxylation is 1. The molecule has 1 aliphatic heterocycles. The summed E-state index contributed by atoms with van der Waals surface area (Å²) in [5.74, 6) is 0.618. The van der Waals surface area contributed by atoms with Gasteiger partial charge in [-0.25, -0.2) is 9.97 Å². The van der Waals surface area contributed by atoms with E-state index in [0.29, 0.717) is 18.5 Å². The zero-order valence-electron chi connectivity index (χ0n) is 13.7. The highest BCUT2D eigenvalue weighted by molar-refractivity contribution is 5.66. The first kappa shape index (κ1) is 16.7. The van der Waals surface area contributed by atoms with E-state index in [1.807, 2.05) is 6.92 Å². The Morgan fingerprint density at radius 1 is 1.50 bits per heavy atom. The maximum Gasteiger partial charge on any atom is 0.304 e. The molecule has 2 N–H and O–H groups in total. The van der Waals surface area contributed by atoms with Crippen molar-refractivity contribution in [3.63, 3.8) is 0 Å². The van der Waals surface area contributed by atoms with Crippen LogP contribution in [-0.4, -0.2) is 46.7 Å². The van der Waals surface area contributed by atoms with E-state index in [-0.39, 0.29) is 6.42 Å². The summed E-state index contributed by atoms with van der Waals surface area (Å²) in [6, 6.07) is 2.37. The molecule has 1 aliphatic rings. The standard InChI is InChI=1S/C16H26N4O2/c1-11(2)8-14-9-12(3)18-16(19-14)20-7-5-13(10-20)17-6-4-15(21)22/h9,11,13,17H,4-8,10H2,1-3H3,(H,21,22). The molecule has 122 valence electrons. The third-order valence-electron chi connectivity index (χ3n) is 3.76. The van der Waals surface area contributed by atoms with Crippen LogP contribution >= 0.6 is 0 Å². The van der Waals surface area contributed by atoms with Gasteiger partial charge in [0.05, 0.1) is 6.42 Å². The van der Waals surface area contributed by atoms with E-state index in [4.69, 9.17) is 10.1 Å². The van der Waals surface area contributed by atoms with Crippen molar-refractivity contribution in [1.82, 2.24) is 15.3 Å². The molecule has 1 unspecified atom stereocenters. The van der Waals surface area contributed by atoms with Crippen molar-refractivity contribution in [3.8, 4) is 0 Å². The third-order valence-corrected chi connectivity index (χ3v) is 3.76. The summed E-state index contributed by atoms with van der Waals surface area (Å²) >= 11 is 0. The summed E-state index contributed by atoms with van der Waals surface area (Å²) in [6.45, 7) is 8.65. The molecule has 1 aromatic heterocycles. The minimum Gasteiger partial charge on any atom is -0.481 e. The van der Waals surface area contributed by atoms with Crippen LogP contribution < -0.4 is 10.2 Å². The van der Waals surface area contributed by atoms with E-state index in [9.17, 15) is 4.79 Å². The maximum atomic E-state index is 10.6. The molecule has 0 amide bonds. The van der Waals surface area contributed by atoms with Gasteiger partial charge in [-0.1, -0.05) is 13.8 Å². The Hall–Kier alpha value is -1.69.